The molecule has 2 aliphatic rings. The van der Waals surface area contributed by atoms with E-state index in [9.17, 15) is 9.18 Å². The summed E-state index contributed by atoms with van der Waals surface area (Å²) >= 11 is 0. The second-order valence-corrected chi connectivity index (χ2v) is 7.89. The molecule has 0 saturated carbocycles. The Bertz CT molecular complexity index is 853. The molecule has 1 amide bonds. The average molecular weight is 355 g/mol. The number of hydrogen-bond acceptors (Lipinski definition) is 3. The number of carbonyl (C=O) groups is 1. The lowest BCUT2D eigenvalue weighted by atomic mass is 9.73. The number of anilines is 1. The molecule has 5 heteroatoms. The van der Waals surface area contributed by atoms with Crippen molar-refractivity contribution in [3.63, 3.8) is 0 Å². The molecule has 2 aromatic rings. The number of aryl methyl sites for hydroxylation is 1. The topological polar surface area (TPSA) is 36.4 Å². The number of pyridine rings is 1. The molecule has 4 nitrogen and oxygen atoms in total. The Kier molecular flexibility index (Phi) is 4.33. The molecular weight excluding hydrogens is 329 g/mol. The van der Waals surface area contributed by atoms with Crippen LogP contribution >= 0.6 is 0 Å². The van der Waals surface area contributed by atoms with Crippen LogP contribution in [-0.2, 0) is 4.79 Å². The molecule has 1 atom stereocenters. The zero-order valence-corrected chi connectivity index (χ0v) is 15.6. The molecule has 1 aromatic carbocycles. The molecule has 2 fully saturated rings. The van der Waals surface area contributed by atoms with Crippen molar-refractivity contribution in [2.24, 2.45) is 5.41 Å². The van der Waals surface area contributed by atoms with E-state index in [-0.39, 0.29) is 17.1 Å². The molecule has 2 aliphatic heterocycles. The lowest BCUT2D eigenvalue weighted by Gasteiger charge is -2.48. The summed E-state index contributed by atoms with van der Waals surface area (Å²) < 4.78 is 13.7. The van der Waals surface area contributed by atoms with Gasteiger partial charge in [0.15, 0.2) is 0 Å². The van der Waals surface area contributed by atoms with Crippen molar-refractivity contribution in [1.82, 2.24) is 9.88 Å². The number of hydrogen-bond donors (Lipinski definition) is 0. The number of aromatic nitrogens is 1. The number of benzene rings is 1. The molecule has 4 rings (SSSR count). The number of likely N-dealkylation sites (tertiary alicyclic amines) is 1. The molecule has 1 aromatic heterocycles. The minimum Gasteiger partial charge on any atom is -0.356 e. The maximum Gasteiger partial charge on any atom is 0.222 e. The maximum atomic E-state index is 13.7. The predicted octanol–water partition coefficient (Wildman–Crippen LogP) is 3.91. The second kappa shape index (κ2) is 6.53. The van der Waals surface area contributed by atoms with Crippen LogP contribution in [0.3, 0.4) is 0 Å². The standard InChI is InChI=1S/C21H26FN3O/c1-3-24-13-21(9-7-20(24)26)8-4-10-25(14-21)19-11-15(2)17-6-5-16(22)12-18(17)23-19/h5-6,11-12H,3-4,7-10,13-14H2,1-2H3/t21-/m0/s1. The first-order chi connectivity index (χ1) is 12.5. The van der Waals surface area contributed by atoms with Crippen molar-refractivity contribution >= 4 is 22.6 Å². The van der Waals surface area contributed by atoms with Crippen molar-refractivity contribution in [2.75, 3.05) is 31.1 Å². The van der Waals surface area contributed by atoms with Crippen molar-refractivity contribution in [3.05, 3.63) is 35.6 Å². The van der Waals surface area contributed by atoms with Gasteiger partial charge in [-0.1, -0.05) is 0 Å². The van der Waals surface area contributed by atoms with E-state index in [1.165, 1.54) is 12.1 Å². The first-order valence-corrected chi connectivity index (χ1v) is 9.59. The second-order valence-electron chi connectivity index (χ2n) is 7.89. The van der Waals surface area contributed by atoms with Crippen LogP contribution in [0.25, 0.3) is 10.9 Å². The van der Waals surface area contributed by atoms with Gasteiger partial charge in [0.25, 0.3) is 0 Å². The van der Waals surface area contributed by atoms with Crippen LogP contribution in [-0.4, -0.2) is 42.0 Å². The average Bonchev–Trinajstić information content (AvgIpc) is 2.63. The molecule has 0 radical (unpaired) electrons. The highest BCUT2D eigenvalue weighted by atomic mass is 19.1. The molecule has 26 heavy (non-hydrogen) atoms. The van der Waals surface area contributed by atoms with E-state index in [2.05, 4.69) is 24.8 Å². The lowest BCUT2D eigenvalue weighted by Crippen LogP contribution is -2.54. The zero-order valence-electron chi connectivity index (χ0n) is 15.6. The minimum atomic E-state index is -0.249. The van der Waals surface area contributed by atoms with Crippen molar-refractivity contribution < 1.29 is 9.18 Å². The van der Waals surface area contributed by atoms with Crippen LogP contribution in [0.5, 0.6) is 0 Å². The zero-order chi connectivity index (χ0) is 18.3. The number of nitrogens with zero attached hydrogens (tertiary/aromatic N) is 3. The van der Waals surface area contributed by atoms with Crippen LogP contribution in [0.15, 0.2) is 24.3 Å². The van der Waals surface area contributed by atoms with Gasteiger partial charge in [0.05, 0.1) is 5.52 Å². The van der Waals surface area contributed by atoms with Crippen LogP contribution < -0.4 is 4.90 Å². The number of amides is 1. The summed E-state index contributed by atoms with van der Waals surface area (Å²) in [6.07, 6.45) is 3.87. The van der Waals surface area contributed by atoms with Gasteiger partial charge in [0.1, 0.15) is 11.6 Å². The summed E-state index contributed by atoms with van der Waals surface area (Å²) in [4.78, 5) is 21.2. The smallest absolute Gasteiger partial charge is 0.222 e. The third-order valence-electron chi connectivity index (χ3n) is 6.08. The minimum absolute atomic E-state index is 0.161. The van der Waals surface area contributed by atoms with Crippen molar-refractivity contribution in [3.8, 4) is 0 Å². The Labute approximate surface area is 154 Å². The van der Waals surface area contributed by atoms with Gasteiger partial charge in [0.2, 0.25) is 5.91 Å². The van der Waals surface area contributed by atoms with Gasteiger partial charge in [-0.25, -0.2) is 9.37 Å². The van der Waals surface area contributed by atoms with Gasteiger partial charge in [-0.2, -0.15) is 0 Å². The van der Waals surface area contributed by atoms with E-state index in [0.717, 1.165) is 62.2 Å². The molecular formula is C21H26FN3O. The largest absolute Gasteiger partial charge is 0.356 e. The number of piperidine rings is 2. The molecule has 1 spiro atoms. The lowest BCUT2D eigenvalue weighted by molar-refractivity contribution is -0.137. The number of carbonyl (C=O) groups excluding carboxylic acids is 1. The summed E-state index contributed by atoms with van der Waals surface area (Å²) in [5.74, 6) is 0.964. The molecule has 0 unspecified atom stereocenters. The highest BCUT2D eigenvalue weighted by Crippen LogP contribution is 2.40. The fraction of sp³-hybridized carbons (Fsp3) is 0.524. The Morgan fingerprint density at radius 1 is 1.23 bits per heavy atom. The highest BCUT2D eigenvalue weighted by Gasteiger charge is 2.41. The predicted molar refractivity (Wildman–Crippen MR) is 102 cm³/mol. The molecule has 0 aliphatic carbocycles. The molecule has 0 N–H and O–H groups in total. The summed E-state index contributed by atoms with van der Waals surface area (Å²) in [7, 11) is 0. The fourth-order valence-corrected chi connectivity index (χ4v) is 4.65. The number of halogens is 1. The Balaban J connectivity index is 1.64. The Morgan fingerprint density at radius 3 is 2.88 bits per heavy atom. The molecule has 2 saturated heterocycles. The van der Waals surface area contributed by atoms with Gasteiger partial charge in [0, 0.05) is 49.5 Å². The van der Waals surface area contributed by atoms with Crippen LogP contribution in [0.1, 0.15) is 38.2 Å². The van der Waals surface area contributed by atoms with E-state index in [4.69, 9.17) is 4.98 Å². The van der Waals surface area contributed by atoms with E-state index in [0.29, 0.717) is 11.9 Å². The summed E-state index contributed by atoms with van der Waals surface area (Å²) in [5.41, 5.74) is 2.00. The van der Waals surface area contributed by atoms with Gasteiger partial charge < -0.3 is 9.80 Å². The Hall–Kier alpha value is -2.17. The van der Waals surface area contributed by atoms with Crippen LogP contribution in [0.2, 0.25) is 0 Å². The summed E-state index contributed by atoms with van der Waals surface area (Å²) in [5, 5.41) is 1.00. The number of fused-ring (bicyclic) bond motifs is 1. The van der Waals surface area contributed by atoms with E-state index in [1.54, 1.807) is 6.07 Å². The van der Waals surface area contributed by atoms with E-state index >= 15 is 0 Å². The van der Waals surface area contributed by atoms with E-state index in [1.807, 2.05) is 4.90 Å². The Morgan fingerprint density at radius 2 is 2.08 bits per heavy atom. The maximum absolute atomic E-state index is 13.7. The number of rotatable bonds is 2. The molecule has 3 heterocycles. The SMILES string of the molecule is CCN1C[C@]2(CCCN(c3cc(C)c4ccc(F)cc4n3)C2)CCC1=O. The van der Waals surface area contributed by atoms with Crippen molar-refractivity contribution in [1.29, 1.82) is 0 Å². The summed E-state index contributed by atoms with van der Waals surface area (Å²) in [6, 6.07) is 6.93. The molecule has 138 valence electrons. The fourth-order valence-electron chi connectivity index (χ4n) is 4.65. The first kappa shape index (κ1) is 17.3. The third-order valence-corrected chi connectivity index (χ3v) is 6.08. The van der Waals surface area contributed by atoms with E-state index < -0.39 is 0 Å². The van der Waals surface area contributed by atoms with Crippen LogP contribution in [0, 0.1) is 18.2 Å². The van der Waals surface area contributed by atoms with Gasteiger partial charge in [-0.3, -0.25) is 4.79 Å². The summed E-state index contributed by atoms with van der Waals surface area (Å²) in [6.45, 7) is 7.63. The quantitative estimate of drug-likeness (QED) is 0.819. The molecule has 0 bridgehead atoms. The van der Waals surface area contributed by atoms with Crippen molar-refractivity contribution in [2.45, 2.75) is 39.5 Å². The third kappa shape index (κ3) is 3.04. The van der Waals surface area contributed by atoms with Gasteiger partial charge >= 0.3 is 0 Å². The van der Waals surface area contributed by atoms with Gasteiger partial charge in [-0.15, -0.1) is 0 Å². The van der Waals surface area contributed by atoms with Gasteiger partial charge in [-0.05, 0) is 56.9 Å². The monoisotopic (exact) mass is 355 g/mol. The normalized spacial score (nSPS) is 23.9. The first-order valence-electron chi connectivity index (χ1n) is 9.59. The van der Waals surface area contributed by atoms with Crippen LogP contribution in [0.4, 0.5) is 10.2 Å². The highest BCUT2D eigenvalue weighted by molar-refractivity contribution is 5.84.